The first kappa shape index (κ1) is 13.9. The molecule has 3 heteroatoms. The lowest BCUT2D eigenvalue weighted by molar-refractivity contribution is 0.169. The van der Waals surface area contributed by atoms with Crippen LogP contribution in [0.3, 0.4) is 0 Å². The number of para-hydroxylation sites is 1. The Morgan fingerprint density at radius 2 is 2.16 bits per heavy atom. The molecule has 0 amide bonds. The van der Waals surface area contributed by atoms with E-state index in [0.717, 1.165) is 30.9 Å². The Hall–Kier alpha value is -1.53. The standard InChI is InChI=1S/C16H23N3/c1-16(2)8-9-19(12-14(16)11-18-3)15-7-5-4-6-13(15)10-17/h4-7,14,18H,8-9,11-12H2,1-3H3. The largest absolute Gasteiger partial charge is 0.370 e. The molecule has 1 aliphatic heterocycles. The smallest absolute Gasteiger partial charge is 0.101 e. The second-order valence-corrected chi connectivity index (χ2v) is 6.07. The Balaban J connectivity index is 2.21. The van der Waals surface area contributed by atoms with Gasteiger partial charge in [-0.2, -0.15) is 5.26 Å². The van der Waals surface area contributed by atoms with Gasteiger partial charge in [0, 0.05) is 13.1 Å². The van der Waals surface area contributed by atoms with Crippen molar-refractivity contribution in [2.75, 3.05) is 31.6 Å². The van der Waals surface area contributed by atoms with Gasteiger partial charge in [0.15, 0.2) is 0 Å². The Morgan fingerprint density at radius 1 is 1.42 bits per heavy atom. The zero-order chi connectivity index (χ0) is 13.9. The molecule has 0 radical (unpaired) electrons. The summed E-state index contributed by atoms with van der Waals surface area (Å²) in [5.74, 6) is 0.609. The van der Waals surface area contributed by atoms with E-state index >= 15 is 0 Å². The molecule has 1 N–H and O–H groups in total. The van der Waals surface area contributed by atoms with Crippen molar-refractivity contribution in [3.63, 3.8) is 0 Å². The summed E-state index contributed by atoms with van der Waals surface area (Å²) in [6.07, 6.45) is 1.17. The number of hydrogen-bond acceptors (Lipinski definition) is 3. The van der Waals surface area contributed by atoms with Gasteiger partial charge in [-0.3, -0.25) is 0 Å². The molecule has 3 nitrogen and oxygen atoms in total. The van der Waals surface area contributed by atoms with E-state index in [1.54, 1.807) is 0 Å². The van der Waals surface area contributed by atoms with E-state index < -0.39 is 0 Å². The topological polar surface area (TPSA) is 39.1 Å². The molecule has 1 unspecified atom stereocenters. The first-order valence-corrected chi connectivity index (χ1v) is 6.97. The number of anilines is 1. The zero-order valence-corrected chi connectivity index (χ0v) is 12.1. The van der Waals surface area contributed by atoms with Crippen molar-refractivity contribution < 1.29 is 0 Å². The molecule has 19 heavy (non-hydrogen) atoms. The number of hydrogen-bond donors (Lipinski definition) is 1. The lowest BCUT2D eigenvalue weighted by Crippen LogP contribution is -2.48. The second-order valence-electron chi connectivity index (χ2n) is 6.07. The summed E-state index contributed by atoms with van der Waals surface area (Å²) in [5.41, 5.74) is 2.23. The number of piperidine rings is 1. The van der Waals surface area contributed by atoms with Crippen LogP contribution in [0, 0.1) is 22.7 Å². The molecule has 0 aliphatic carbocycles. The molecule has 1 aromatic rings. The summed E-state index contributed by atoms with van der Waals surface area (Å²) in [6.45, 7) is 7.78. The van der Waals surface area contributed by atoms with Crippen molar-refractivity contribution >= 4 is 5.69 Å². The summed E-state index contributed by atoms with van der Waals surface area (Å²) in [4.78, 5) is 2.37. The Bertz CT molecular complexity index is 473. The van der Waals surface area contributed by atoms with Crippen molar-refractivity contribution in [2.45, 2.75) is 20.3 Å². The van der Waals surface area contributed by atoms with E-state index in [9.17, 15) is 5.26 Å². The molecule has 1 aromatic carbocycles. The van der Waals surface area contributed by atoms with Gasteiger partial charge in [-0.25, -0.2) is 0 Å². The summed E-state index contributed by atoms with van der Waals surface area (Å²) < 4.78 is 0. The SMILES string of the molecule is CNCC1CN(c2ccccc2C#N)CCC1(C)C. The van der Waals surface area contributed by atoms with Crippen molar-refractivity contribution in [2.24, 2.45) is 11.3 Å². The molecule has 0 aromatic heterocycles. The molecule has 1 heterocycles. The number of nitriles is 1. The zero-order valence-electron chi connectivity index (χ0n) is 12.1. The highest BCUT2D eigenvalue weighted by Gasteiger charge is 2.35. The highest BCUT2D eigenvalue weighted by Crippen LogP contribution is 2.37. The fraction of sp³-hybridized carbons (Fsp3) is 0.562. The molecule has 2 rings (SSSR count). The molecule has 0 spiro atoms. The van der Waals surface area contributed by atoms with Gasteiger partial charge >= 0.3 is 0 Å². The van der Waals surface area contributed by atoms with Gasteiger partial charge in [-0.15, -0.1) is 0 Å². The highest BCUT2D eigenvalue weighted by atomic mass is 15.1. The minimum Gasteiger partial charge on any atom is -0.370 e. The average molecular weight is 257 g/mol. The van der Waals surface area contributed by atoms with Crippen LogP contribution < -0.4 is 10.2 Å². The molecule has 1 aliphatic rings. The lowest BCUT2D eigenvalue weighted by Gasteiger charge is -2.45. The molecular weight excluding hydrogens is 234 g/mol. The number of nitrogens with zero attached hydrogens (tertiary/aromatic N) is 2. The third-order valence-corrected chi connectivity index (χ3v) is 4.39. The summed E-state index contributed by atoms with van der Waals surface area (Å²) in [5, 5.41) is 12.5. The van der Waals surface area contributed by atoms with E-state index in [2.05, 4.69) is 36.2 Å². The van der Waals surface area contributed by atoms with Crippen LogP contribution in [0.2, 0.25) is 0 Å². The third kappa shape index (κ3) is 2.90. The Labute approximate surface area is 116 Å². The quantitative estimate of drug-likeness (QED) is 0.904. The van der Waals surface area contributed by atoms with E-state index in [4.69, 9.17) is 0 Å². The van der Waals surface area contributed by atoms with Gasteiger partial charge in [0.1, 0.15) is 6.07 Å². The van der Waals surface area contributed by atoms with Crippen LogP contribution in [-0.4, -0.2) is 26.7 Å². The maximum absolute atomic E-state index is 9.23. The summed E-state index contributed by atoms with van der Waals surface area (Å²) in [7, 11) is 2.01. The Kier molecular flexibility index (Phi) is 4.11. The van der Waals surface area contributed by atoms with Crippen LogP contribution in [0.4, 0.5) is 5.69 Å². The molecular formula is C16H23N3. The van der Waals surface area contributed by atoms with E-state index in [-0.39, 0.29) is 0 Å². The summed E-state index contributed by atoms with van der Waals surface area (Å²) in [6, 6.07) is 10.2. The molecule has 102 valence electrons. The molecule has 1 atom stereocenters. The van der Waals surface area contributed by atoms with Crippen molar-refractivity contribution in [1.82, 2.24) is 5.32 Å². The van der Waals surface area contributed by atoms with Crippen LogP contribution in [0.5, 0.6) is 0 Å². The predicted octanol–water partition coefficient (Wildman–Crippen LogP) is 2.63. The molecule has 1 saturated heterocycles. The van der Waals surface area contributed by atoms with E-state index in [0.29, 0.717) is 11.3 Å². The molecule has 1 fully saturated rings. The average Bonchev–Trinajstić information content (AvgIpc) is 2.41. The van der Waals surface area contributed by atoms with Gasteiger partial charge in [-0.05, 0) is 43.5 Å². The van der Waals surface area contributed by atoms with Crippen LogP contribution in [0.1, 0.15) is 25.8 Å². The third-order valence-electron chi connectivity index (χ3n) is 4.39. The monoisotopic (exact) mass is 257 g/mol. The minimum atomic E-state index is 0.362. The molecule has 0 saturated carbocycles. The van der Waals surface area contributed by atoms with Gasteiger partial charge in [0.25, 0.3) is 0 Å². The van der Waals surface area contributed by atoms with Gasteiger partial charge < -0.3 is 10.2 Å². The maximum atomic E-state index is 9.23. The summed E-state index contributed by atoms with van der Waals surface area (Å²) >= 11 is 0. The van der Waals surface area contributed by atoms with Crippen molar-refractivity contribution in [1.29, 1.82) is 5.26 Å². The number of rotatable bonds is 3. The second kappa shape index (κ2) is 5.63. The fourth-order valence-electron chi connectivity index (χ4n) is 2.88. The number of nitrogens with one attached hydrogen (secondary N) is 1. The first-order valence-electron chi connectivity index (χ1n) is 6.97. The van der Waals surface area contributed by atoms with Crippen molar-refractivity contribution in [3.8, 4) is 6.07 Å². The van der Waals surface area contributed by atoms with Gasteiger partial charge in [0.05, 0.1) is 11.3 Å². The van der Waals surface area contributed by atoms with Crippen molar-refractivity contribution in [3.05, 3.63) is 29.8 Å². The normalized spacial score (nSPS) is 22.0. The first-order chi connectivity index (χ1) is 9.08. The van der Waals surface area contributed by atoms with E-state index in [1.165, 1.54) is 6.42 Å². The Morgan fingerprint density at radius 3 is 2.84 bits per heavy atom. The van der Waals surface area contributed by atoms with Crippen LogP contribution in [0.15, 0.2) is 24.3 Å². The van der Waals surface area contributed by atoms with Gasteiger partial charge in [-0.1, -0.05) is 26.0 Å². The lowest BCUT2D eigenvalue weighted by atomic mass is 9.73. The van der Waals surface area contributed by atoms with Crippen LogP contribution in [0.25, 0.3) is 0 Å². The van der Waals surface area contributed by atoms with Crippen LogP contribution >= 0.6 is 0 Å². The minimum absolute atomic E-state index is 0.362. The van der Waals surface area contributed by atoms with E-state index in [1.807, 2.05) is 25.2 Å². The van der Waals surface area contributed by atoms with Crippen LogP contribution in [-0.2, 0) is 0 Å². The highest BCUT2D eigenvalue weighted by molar-refractivity contribution is 5.59. The van der Waals surface area contributed by atoms with Gasteiger partial charge in [0.2, 0.25) is 0 Å². The number of benzene rings is 1. The fourth-order valence-corrected chi connectivity index (χ4v) is 2.88. The molecule has 0 bridgehead atoms. The maximum Gasteiger partial charge on any atom is 0.101 e. The predicted molar refractivity (Wildman–Crippen MR) is 79.2 cm³/mol.